The molecule has 0 unspecified atom stereocenters. The third-order valence-electron chi connectivity index (χ3n) is 5.71. The first-order valence-corrected chi connectivity index (χ1v) is 9.80. The number of alkyl halides is 2. The Morgan fingerprint density at radius 2 is 1.83 bits per heavy atom. The molecule has 2 heterocycles. The molecular formula is C21H23F3N2O4. The molecule has 3 rings (SSSR count). The van der Waals surface area contributed by atoms with E-state index in [1.165, 1.54) is 12.1 Å². The van der Waals surface area contributed by atoms with Crippen LogP contribution in [-0.2, 0) is 9.53 Å². The predicted molar refractivity (Wildman–Crippen MR) is 104 cm³/mol. The van der Waals surface area contributed by atoms with Crippen LogP contribution in [0, 0.1) is 24.2 Å². The summed E-state index contributed by atoms with van der Waals surface area (Å²) in [6, 6.07) is 3.83. The average Bonchev–Trinajstić information content (AvgIpc) is 2.78. The van der Waals surface area contributed by atoms with Crippen molar-refractivity contribution in [1.29, 1.82) is 0 Å². The van der Waals surface area contributed by atoms with Crippen molar-refractivity contribution in [3.63, 3.8) is 0 Å². The number of carbonyl (C=O) groups is 2. The lowest BCUT2D eigenvalue weighted by atomic mass is 9.92. The van der Waals surface area contributed by atoms with Gasteiger partial charge in [-0.05, 0) is 37.8 Å². The zero-order valence-electron chi connectivity index (χ0n) is 16.3. The van der Waals surface area contributed by atoms with E-state index in [4.69, 9.17) is 11.2 Å². The van der Waals surface area contributed by atoms with E-state index in [-0.39, 0.29) is 37.7 Å². The molecule has 0 radical (unpaired) electrons. The molecule has 162 valence electrons. The summed E-state index contributed by atoms with van der Waals surface area (Å²) in [5.41, 5.74) is -1.08. The van der Waals surface area contributed by atoms with Crippen LogP contribution in [0.15, 0.2) is 18.2 Å². The van der Waals surface area contributed by atoms with Crippen LogP contribution in [0.25, 0.3) is 0 Å². The Bertz CT molecular complexity index is 841. The molecule has 2 fully saturated rings. The molecule has 2 saturated heterocycles. The molecule has 2 aliphatic heterocycles. The first-order valence-electron chi connectivity index (χ1n) is 9.80. The molecule has 30 heavy (non-hydrogen) atoms. The van der Waals surface area contributed by atoms with Gasteiger partial charge in [-0.2, -0.15) is 8.78 Å². The number of anilines is 2. The van der Waals surface area contributed by atoms with Crippen LogP contribution in [0.3, 0.4) is 0 Å². The van der Waals surface area contributed by atoms with Gasteiger partial charge >= 0.3 is 17.8 Å². The van der Waals surface area contributed by atoms with Crippen molar-refractivity contribution >= 4 is 23.3 Å². The number of hydrogen-bond acceptors (Lipinski definition) is 4. The summed E-state index contributed by atoms with van der Waals surface area (Å²) in [4.78, 5) is 26.0. The van der Waals surface area contributed by atoms with Gasteiger partial charge in [-0.25, -0.2) is 4.79 Å². The van der Waals surface area contributed by atoms with Gasteiger partial charge in [0.05, 0.1) is 11.4 Å². The van der Waals surface area contributed by atoms with Gasteiger partial charge in [0.2, 0.25) is 0 Å². The summed E-state index contributed by atoms with van der Waals surface area (Å²) in [5.74, 6) is -6.20. The minimum Gasteiger partial charge on any atom is -0.478 e. The van der Waals surface area contributed by atoms with Gasteiger partial charge in [-0.3, -0.25) is 4.79 Å². The van der Waals surface area contributed by atoms with E-state index in [2.05, 4.69) is 5.92 Å². The summed E-state index contributed by atoms with van der Waals surface area (Å²) in [5, 5.41) is 8.96. The number of aromatic carboxylic acids is 1. The SMILES string of the molecule is C#CC1CCN(c2cccc(N(F)C(=O)C(F)(F)C3CCOCC3)c2C(=O)O)CC1. The fourth-order valence-corrected chi connectivity index (χ4v) is 3.94. The molecule has 1 aromatic rings. The van der Waals surface area contributed by atoms with E-state index in [9.17, 15) is 28.0 Å². The standard InChI is InChI=1S/C21H23F3N2O4/c1-2-14-6-10-25(11-7-14)16-4-3-5-17(18(16)19(27)28)26(24)20(29)21(22,23)15-8-12-30-13-9-15/h1,3-5,14-15H,6-13H2,(H,27,28). The molecule has 0 spiro atoms. The van der Waals surface area contributed by atoms with Gasteiger partial charge in [0.25, 0.3) is 0 Å². The Labute approximate surface area is 172 Å². The number of hydrogen-bond donors (Lipinski definition) is 1. The second kappa shape index (κ2) is 8.96. The van der Waals surface area contributed by atoms with Crippen LogP contribution < -0.4 is 10.0 Å². The van der Waals surface area contributed by atoms with Crippen molar-refractivity contribution in [2.45, 2.75) is 31.6 Å². The second-order valence-electron chi connectivity index (χ2n) is 7.50. The van der Waals surface area contributed by atoms with Crippen molar-refractivity contribution in [3.05, 3.63) is 23.8 Å². The Kier molecular flexibility index (Phi) is 6.56. The van der Waals surface area contributed by atoms with Gasteiger partial charge in [-0.1, -0.05) is 10.5 Å². The highest BCUT2D eigenvalue weighted by Crippen LogP contribution is 2.38. The molecule has 1 aromatic carbocycles. The van der Waals surface area contributed by atoms with Crippen LogP contribution in [0.4, 0.5) is 24.6 Å². The van der Waals surface area contributed by atoms with Gasteiger partial charge in [0, 0.05) is 38.1 Å². The zero-order chi connectivity index (χ0) is 21.9. The highest BCUT2D eigenvalue weighted by Gasteiger charge is 2.51. The Balaban J connectivity index is 1.90. The van der Waals surface area contributed by atoms with Crippen LogP contribution >= 0.6 is 0 Å². The second-order valence-corrected chi connectivity index (χ2v) is 7.50. The average molecular weight is 424 g/mol. The topological polar surface area (TPSA) is 70.1 Å². The number of ether oxygens (including phenoxy) is 1. The number of terminal acetylenes is 1. The fraction of sp³-hybridized carbons (Fsp3) is 0.524. The van der Waals surface area contributed by atoms with E-state index in [1.807, 2.05) is 0 Å². The highest BCUT2D eigenvalue weighted by atomic mass is 19.3. The number of piperidine rings is 1. The fourth-order valence-electron chi connectivity index (χ4n) is 3.94. The van der Waals surface area contributed by atoms with Gasteiger partial charge in [0.1, 0.15) is 5.56 Å². The molecule has 0 bridgehead atoms. The maximum atomic E-state index is 14.9. The minimum absolute atomic E-state index is 0.0588. The van der Waals surface area contributed by atoms with Crippen molar-refractivity contribution in [1.82, 2.24) is 0 Å². The third-order valence-corrected chi connectivity index (χ3v) is 5.71. The number of benzene rings is 1. The molecule has 9 heteroatoms. The number of halogens is 3. The smallest absolute Gasteiger partial charge is 0.340 e. The summed E-state index contributed by atoms with van der Waals surface area (Å²) >= 11 is 0. The van der Waals surface area contributed by atoms with E-state index < -0.39 is 40.1 Å². The summed E-state index contributed by atoms with van der Waals surface area (Å²) in [6.45, 7) is 1.00. The maximum absolute atomic E-state index is 14.9. The van der Waals surface area contributed by atoms with E-state index in [1.54, 1.807) is 4.90 Å². The van der Waals surface area contributed by atoms with Crippen LogP contribution in [0.2, 0.25) is 0 Å². The number of carboxylic acid groups (broad SMARTS) is 1. The van der Waals surface area contributed by atoms with E-state index >= 15 is 0 Å². The molecule has 0 aliphatic carbocycles. The number of carbonyl (C=O) groups excluding carboxylic acids is 1. The molecule has 0 atom stereocenters. The summed E-state index contributed by atoms with van der Waals surface area (Å²) in [7, 11) is 0. The van der Waals surface area contributed by atoms with Gasteiger partial charge in [0.15, 0.2) is 0 Å². The number of rotatable bonds is 5. The normalized spacial score (nSPS) is 18.7. The monoisotopic (exact) mass is 424 g/mol. The van der Waals surface area contributed by atoms with Gasteiger partial charge < -0.3 is 14.7 Å². The van der Waals surface area contributed by atoms with E-state index in [0.717, 1.165) is 6.07 Å². The lowest BCUT2D eigenvalue weighted by Gasteiger charge is -2.34. The van der Waals surface area contributed by atoms with Crippen LogP contribution in [0.5, 0.6) is 0 Å². The number of amides is 1. The largest absolute Gasteiger partial charge is 0.478 e. The van der Waals surface area contributed by atoms with Crippen LogP contribution in [0.1, 0.15) is 36.0 Å². The maximum Gasteiger partial charge on any atom is 0.340 e. The van der Waals surface area contributed by atoms with Crippen LogP contribution in [-0.4, -0.2) is 49.2 Å². The first-order chi connectivity index (χ1) is 14.3. The summed E-state index contributed by atoms with van der Waals surface area (Å²) < 4.78 is 49.2. The molecule has 2 aliphatic rings. The summed E-state index contributed by atoms with van der Waals surface area (Å²) in [6.07, 6.45) is 6.52. The Morgan fingerprint density at radius 1 is 1.20 bits per heavy atom. The van der Waals surface area contributed by atoms with Crippen molar-refractivity contribution in [3.8, 4) is 12.3 Å². The molecule has 6 nitrogen and oxygen atoms in total. The minimum atomic E-state index is -3.98. The molecule has 1 N–H and O–H groups in total. The zero-order valence-corrected chi connectivity index (χ0v) is 16.3. The van der Waals surface area contributed by atoms with E-state index in [0.29, 0.717) is 25.9 Å². The van der Waals surface area contributed by atoms with Gasteiger partial charge in [-0.15, -0.1) is 17.5 Å². The lowest BCUT2D eigenvalue weighted by Crippen LogP contribution is -2.47. The van der Waals surface area contributed by atoms with Crippen molar-refractivity contribution < 1.29 is 32.7 Å². The first kappa shape index (κ1) is 22.0. The Hall–Kier alpha value is -2.73. The molecule has 1 amide bonds. The quantitative estimate of drug-likeness (QED) is 0.579. The highest BCUT2D eigenvalue weighted by molar-refractivity contribution is 6.06. The number of carboxylic acids is 1. The van der Waals surface area contributed by atoms with Crippen molar-refractivity contribution in [2.24, 2.45) is 11.8 Å². The van der Waals surface area contributed by atoms with Crippen molar-refractivity contribution in [2.75, 3.05) is 36.3 Å². The third kappa shape index (κ3) is 4.24. The number of nitrogens with zero attached hydrogens (tertiary/aromatic N) is 2. The molecular weight excluding hydrogens is 401 g/mol. The lowest BCUT2D eigenvalue weighted by molar-refractivity contribution is -0.159. The predicted octanol–water partition coefficient (Wildman–Crippen LogP) is 3.51. The molecule has 0 aromatic heterocycles. The molecule has 0 saturated carbocycles. The Morgan fingerprint density at radius 3 is 2.40 bits per heavy atom.